The van der Waals surface area contributed by atoms with E-state index in [4.69, 9.17) is 4.42 Å². The predicted molar refractivity (Wildman–Crippen MR) is 89.6 cm³/mol. The van der Waals surface area contributed by atoms with E-state index < -0.39 is 12.3 Å². The molecule has 10 heteroatoms. The van der Waals surface area contributed by atoms with Gasteiger partial charge in [-0.25, -0.2) is 4.68 Å². The average Bonchev–Trinajstić information content (AvgIpc) is 3.32. The lowest BCUT2D eigenvalue weighted by atomic mass is 10.2. The highest BCUT2D eigenvalue weighted by molar-refractivity contribution is 5.57. The number of nitrogens with zero attached hydrogens (tertiary/aromatic N) is 7. The Morgan fingerprint density at radius 2 is 1.96 bits per heavy atom. The maximum absolute atomic E-state index is 12.5. The summed E-state index contributed by atoms with van der Waals surface area (Å²) in [5, 5.41) is 15.1. The smallest absolute Gasteiger partial charge is 0.314 e. The van der Waals surface area contributed by atoms with Crippen LogP contribution in [-0.2, 0) is 6.54 Å². The summed E-state index contributed by atoms with van der Waals surface area (Å²) >= 11 is 0. The first kappa shape index (κ1) is 16.9. The highest BCUT2D eigenvalue weighted by Crippen LogP contribution is 2.23. The van der Waals surface area contributed by atoms with Gasteiger partial charge in [0.05, 0.1) is 24.0 Å². The largest absolute Gasteiger partial charge is 0.415 e. The van der Waals surface area contributed by atoms with Crippen LogP contribution in [0, 0.1) is 6.92 Å². The van der Waals surface area contributed by atoms with E-state index in [1.54, 1.807) is 35.4 Å². The van der Waals surface area contributed by atoms with Crippen LogP contribution in [0.3, 0.4) is 0 Å². The summed E-state index contributed by atoms with van der Waals surface area (Å²) in [7, 11) is 0. The van der Waals surface area contributed by atoms with E-state index in [9.17, 15) is 8.78 Å². The van der Waals surface area contributed by atoms with E-state index in [1.807, 2.05) is 13.0 Å². The van der Waals surface area contributed by atoms with E-state index in [0.29, 0.717) is 23.5 Å². The van der Waals surface area contributed by atoms with Crippen molar-refractivity contribution in [2.24, 2.45) is 0 Å². The second-order valence-corrected chi connectivity index (χ2v) is 5.84. The van der Waals surface area contributed by atoms with Gasteiger partial charge in [0, 0.05) is 24.2 Å². The first-order valence-electron chi connectivity index (χ1n) is 7.97. The molecule has 0 fully saturated rings. The van der Waals surface area contributed by atoms with E-state index in [2.05, 4.69) is 30.5 Å². The van der Waals surface area contributed by atoms with Crippen molar-refractivity contribution in [2.75, 3.05) is 0 Å². The standard InChI is InChI=1S/C17H13F2N7O/c1-10-4-12(6-20-5-10)14-9-26(25-22-14)8-13-3-2-11(7-21-13)16-23-24-17(27-16)15(18)19/h2-7,9,15H,8H2,1H3. The van der Waals surface area contributed by atoms with Gasteiger partial charge >= 0.3 is 6.43 Å². The zero-order valence-electron chi connectivity index (χ0n) is 14.1. The number of hydrogen-bond donors (Lipinski definition) is 0. The van der Waals surface area contributed by atoms with Crippen molar-refractivity contribution < 1.29 is 13.2 Å². The number of aryl methyl sites for hydroxylation is 1. The first-order valence-corrected chi connectivity index (χ1v) is 7.97. The maximum atomic E-state index is 12.5. The second-order valence-electron chi connectivity index (χ2n) is 5.84. The Balaban J connectivity index is 1.49. The Morgan fingerprint density at radius 1 is 1.07 bits per heavy atom. The molecule has 0 bridgehead atoms. The molecule has 0 spiro atoms. The van der Waals surface area contributed by atoms with E-state index in [1.165, 1.54) is 6.20 Å². The minimum atomic E-state index is -2.80. The van der Waals surface area contributed by atoms with Gasteiger partial charge < -0.3 is 4.42 Å². The molecule has 0 saturated carbocycles. The van der Waals surface area contributed by atoms with E-state index in [0.717, 1.165) is 11.1 Å². The van der Waals surface area contributed by atoms with Crippen LogP contribution in [0.5, 0.6) is 0 Å². The van der Waals surface area contributed by atoms with Gasteiger partial charge in [-0.2, -0.15) is 8.78 Å². The summed E-state index contributed by atoms with van der Waals surface area (Å²) in [5.41, 5.74) is 3.81. The minimum absolute atomic E-state index is 0.000612. The van der Waals surface area contributed by atoms with Crippen molar-refractivity contribution in [3.05, 3.63) is 60.1 Å². The molecule has 0 radical (unpaired) electrons. The van der Waals surface area contributed by atoms with Crippen molar-refractivity contribution in [3.8, 4) is 22.7 Å². The number of rotatable bonds is 5. The third-order valence-corrected chi connectivity index (χ3v) is 3.73. The number of pyridine rings is 2. The van der Waals surface area contributed by atoms with Gasteiger partial charge in [0.25, 0.3) is 5.89 Å². The normalized spacial score (nSPS) is 11.3. The summed E-state index contributed by atoms with van der Waals surface area (Å²) in [6, 6.07) is 5.39. The molecule has 136 valence electrons. The average molecular weight is 369 g/mol. The van der Waals surface area contributed by atoms with Crippen LogP contribution >= 0.6 is 0 Å². The summed E-state index contributed by atoms with van der Waals surface area (Å²) in [5.74, 6) is -0.714. The Hall–Kier alpha value is -3.56. The van der Waals surface area contributed by atoms with E-state index >= 15 is 0 Å². The molecule has 4 aromatic rings. The lowest BCUT2D eigenvalue weighted by Crippen LogP contribution is -2.02. The molecule has 0 N–H and O–H groups in total. The molecule has 4 rings (SSSR count). The van der Waals surface area contributed by atoms with Crippen molar-refractivity contribution in [2.45, 2.75) is 19.9 Å². The molecule has 0 aliphatic rings. The molecule has 0 aliphatic heterocycles. The lowest BCUT2D eigenvalue weighted by molar-refractivity contribution is 0.116. The fourth-order valence-electron chi connectivity index (χ4n) is 2.45. The Bertz CT molecular complexity index is 1060. The molecule has 0 atom stereocenters. The van der Waals surface area contributed by atoms with Crippen LogP contribution < -0.4 is 0 Å². The van der Waals surface area contributed by atoms with E-state index in [-0.39, 0.29) is 5.89 Å². The van der Waals surface area contributed by atoms with Gasteiger partial charge in [0.2, 0.25) is 5.89 Å². The van der Waals surface area contributed by atoms with Crippen molar-refractivity contribution in [3.63, 3.8) is 0 Å². The maximum Gasteiger partial charge on any atom is 0.314 e. The van der Waals surface area contributed by atoms with Crippen LogP contribution in [0.25, 0.3) is 22.7 Å². The fourth-order valence-corrected chi connectivity index (χ4v) is 2.45. The monoisotopic (exact) mass is 369 g/mol. The molecule has 4 heterocycles. The Labute approximate surface area is 151 Å². The zero-order valence-corrected chi connectivity index (χ0v) is 14.1. The van der Waals surface area contributed by atoms with Crippen LogP contribution in [0.4, 0.5) is 8.78 Å². The third kappa shape index (κ3) is 3.68. The number of halogens is 2. The first-order chi connectivity index (χ1) is 13.1. The van der Waals surface area contributed by atoms with Gasteiger partial charge in [0.1, 0.15) is 5.69 Å². The minimum Gasteiger partial charge on any atom is -0.415 e. The highest BCUT2D eigenvalue weighted by Gasteiger charge is 2.17. The molecule has 0 saturated heterocycles. The number of aromatic nitrogens is 7. The summed E-state index contributed by atoms with van der Waals surface area (Å²) < 4.78 is 31.6. The number of hydrogen-bond acceptors (Lipinski definition) is 7. The molecular formula is C17H13F2N7O. The number of alkyl halides is 2. The molecule has 4 aromatic heterocycles. The molecule has 0 unspecified atom stereocenters. The van der Waals surface area contributed by atoms with Gasteiger partial charge in [-0.15, -0.1) is 15.3 Å². The SMILES string of the molecule is Cc1cncc(-c2cn(Cc3ccc(-c4nnc(C(F)F)o4)cn3)nn2)c1. The fraction of sp³-hybridized carbons (Fsp3) is 0.176. The van der Waals surface area contributed by atoms with Gasteiger partial charge in [0.15, 0.2) is 0 Å². The van der Waals surface area contributed by atoms with Crippen LogP contribution in [0.15, 0.2) is 47.4 Å². The van der Waals surface area contributed by atoms with Crippen molar-refractivity contribution in [1.82, 2.24) is 35.2 Å². The summed E-state index contributed by atoms with van der Waals surface area (Å²) in [4.78, 5) is 8.43. The predicted octanol–water partition coefficient (Wildman–Crippen LogP) is 3.08. The zero-order chi connectivity index (χ0) is 18.8. The highest BCUT2D eigenvalue weighted by atomic mass is 19.3. The third-order valence-electron chi connectivity index (χ3n) is 3.73. The van der Waals surface area contributed by atoms with Gasteiger partial charge in [-0.1, -0.05) is 5.21 Å². The van der Waals surface area contributed by atoms with Crippen LogP contribution in [-0.4, -0.2) is 35.2 Å². The topological polar surface area (TPSA) is 95.4 Å². The molecular weight excluding hydrogens is 356 g/mol. The molecule has 8 nitrogen and oxygen atoms in total. The second kappa shape index (κ2) is 6.98. The van der Waals surface area contributed by atoms with Crippen LogP contribution in [0.2, 0.25) is 0 Å². The summed E-state index contributed by atoms with van der Waals surface area (Å²) in [6.07, 6.45) is 3.99. The Kier molecular flexibility index (Phi) is 4.37. The lowest BCUT2D eigenvalue weighted by Gasteiger charge is -2.01. The molecule has 0 amide bonds. The Morgan fingerprint density at radius 3 is 2.67 bits per heavy atom. The molecule has 0 aromatic carbocycles. The van der Waals surface area contributed by atoms with Crippen molar-refractivity contribution >= 4 is 0 Å². The van der Waals surface area contributed by atoms with Crippen LogP contribution in [0.1, 0.15) is 23.6 Å². The molecule has 0 aliphatic carbocycles. The van der Waals surface area contributed by atoms with Crippen molar-refractivity contribution in [1.29, 1.82) is 0 Å². The quantitative estimate of drug-likeness (QED) is 0.533. The van der Waals surface area contributed by atoms with Gasteiger partial charge in [-0.05, 0) is 30.7 Å². The summed E-state index contributed by atoms with van der Waals surface area (Å²) in [6.45, 7) is 2.36. The van der Waals surface area contributed by atoms with Gasteiger partial charge in [-0.3, -0.25) is 9.97 Å². The molecule has 27 heavy (non-hydrogen) atoms.